The lowest BCUT2D eigenvalue weighted by Crippen LogP contribution is -2.35. The first kappa shape index (κ1) is 16.9. The van der Waals surface area contributed by atoms with Crippen LogP contribution in [0.4, 0.5) is 0 Å². The maximum Gasteiger partial charge on any atom is 0.228 e. The van der Waals surface area contributed by atoms with Crippen molar-refractivity contribution in [3.8, 4) is 16.3 Å². The molecule has 1 amide bonds. The van der Waals surface area contributed by atoms with E-state index in [9.17, 15) is 4.79 Å². The van der Waals surface area contributed by atoms with E-state index in [0.717, 1.165) is 54.6 Å². The molecule has 0 spiro atoms. The fourth-order valence-corrected chi connectivity index (χ4v) is 3.64. The number of carbonyl (C=O) groups excluding carboxylic acids is 1. The molecule has 0 atom stereocenters. The van der Waals surface area contributed by atoms with Crippen LogP contribution in [0, 0.1) is 0 Å². The molecule has 2 aromatic rings. The highest BCUT2D eigenvalue weighted by Gasteiger charge is 2.18. The number of carbonyl (C=O) groups is 1. The normalized spacial score (nSPS) is 16.0. The van der Waals surface area contributed by atoms with E-state index < -0.39 is 0 Å². The van der Waals surface area contributed by atoms with Gasteiger partial charge in [0.05, 0.1) is 19.2 Å². The van der Waals surface area contributed by atoms with Gasteiger partial charge in [-0.15, -0.1) is 11.3 Å². The second-order valence-corrected chi connectivity index (χ2v) is 6.94. The number of nitrogens with zero attached hydrogens (tertiary/aromatic N) is 3. The van der Waals surface area contributed by atoms with Crippen LogP contribution in [0.2, 0.25) is 0 Å². The van der Waals surface area contributed by atoms with Gasteiger partial charge in [-0.3, -0.25) is 4.79 Å². The number of benzene rings is 1. The minimum Gasteiger partial charge on any atom is -0.497 e. The summed E-state index contributed by atoms with van der Waals surface area (Å²) >= 11 is 1.58. The zero-order valence-corrected chi connectivity index (χ0v) is 15.0. The quantitative estimate of drug-likeness (QED) is 0.854. The number of amides is 1. The molecule has 0 aliphatic carbocycles. The molecule has 0 radical (unpaired) electrons. The fourth-order valence-electron chi connectivity index (χ4n) is 2.82. The van der Waals surface area contributed by atoms with E-state index in [2.05, 4.69) is 16.9 Å². The smallest absolute Gasteiger partial charge is 0.228 e. The highest BCUT2D eigenvalue weighted by Crippen LogP contribution is 2.26. The third kappa shape index (κ3) is 4.13. The number of methoxy groups -OCH3 is 1. The highest BCUT2D eigenvalue weighted by atomic mass is 32.1. The first-order valence-corrected chi connectivity index (χ1v) is 9.09. The zero-order chi connectivity index (χ0) is 16.9. The van der Waals surface area contributed by atoms with E-state index in [1.807, 2.05) is 34.5 Å². The second-order valence-electron chi connectivity index (χ2n) is 6.09. The molecule has 5 nitrogen and oxygen atoms in total. The number of hydrogen-bond acceptors (Lipinski definition) is 5. The van der Waals surface area contributed by atoms with Crippen molar-refractivity contribution >= 4 is 17.2 Å². The van der Waals surface area contributed by atoms with Crippen LogP contribution in [0.15, 0.2) is 29.6 Å². The Kier molecular flexibility index (Phi) is 5.48. The predicted octanol–water partition coefficient (Wildman–Crippen LogP) is 2.53. The molecule has 6 heteroatoms. The summed E-state index contributed by atoms with van der Waals surface area (Å²) < 4.78 is 5.18. The average Bonchev–Trinajstić information content (AvgIpc) is 2.95. The summed E-state index contributed by atoms with van der Waals surface area (Å²) in [4.78, 5) is 21.4. The van der Waals surface area contributed by atoms with Gasteiger partial charge in [0.25, 0.3) is 0 Å². The Hall–Kier alpha value is -1.92. The maximum atomic E-state index is 12.5. The first-order chi connectivity index (χ1) is 11.7. The van der Waals surface area contributed by atoms with Crippen molar-refractivity contribution in [3.05, 3.63) is 35.3 Å². The van der Waals surface area contributed by atoms with E-state index >= 15 is 0 Å². The van der Waals surface area contributed by atoms with Gasteiger partial charge in [0, 0.05) is 30.6 Å². The molecule has 2 heterocycles. The standard InChI is InChI=1S/C18H23N3O2S/c1-20-8-3-9-21(11-10-20)17(22)12-15-13-24-18(19-15)14-4-6-16(23-2)7-5-14/h4-7,13H,3,8-12H2,1-2H3. The van der Waals surface area contributed by atoms with Gasteiger partial charge in [0.2, 0.25) is 5.91 Å². The minimum absolute atomic E-state index is 0.178. The Balaban J connectivity index is 1.63. The molecule has 1 fully saturated rings. The van der Waals surface area contributed by atoms with Gasteiger partial charge in [0.15, 0.2) is 0 Å². The van der Waals surface area contributed by atoms with Crippen LogP contribution in [-0.2, 0) is 11.2 Å². The van der Waals surface area contributed by atoms with Crippen molar-refractivity contribution in [2.75, 3.05) is 40.3 Å². The molecule has 3 rings (SSSR count). The second kappa shape index (κ2) is 7.77. The average molecular weight is 345 g/mol. The summed E-state index contributed by atoms with van der Waals surface area (Å²) in [6, 6.07) is 7.84. The Morgan fingerprint density at radius 2 is 2.00 bits per heavy atom. The molecule has 0 saturated carbocycles. The largest absolute Gasteiger partial charge is 0.497 e. The van der Waals surface area contributed by atoms with Crippen LogP contribution in [0.3, 0.4) is 0 Å². The molecular weight excluding hydrogens is 322 g/mol. The topological polar surface area (TPSA) is 45.7 Å². The van der Waals surface area contributed by atoms with Gasteiger partial charge in [-0.1, -0.05) is 0 Å². The number of likely N-dealkylation sites (N-methyl/N-ethyl adjacent to an activating group) is 1. The van der Waals surface area contributed by atoms with Crippen molar-refractivity contribution in [3.63, 3.8) is 0 Å². The third-order valence-electron chi connectivity index (χ3n) is 4.29. The molecule has 1 aliphatic heterocycles. The molecule has 1 saturated heterocycles. The van der Waals surface area contributed by atoms with E-state index in [-0.39, 0.29) is 5.91 Å². The van der Waals surface area contributed by atoms with Gasteiger partial charge in [0.1, 0.15) is 10.8 Å². The number of ether oxygens (including phenoxy) is 1. The summed E-state index contributed by atoms with van der Waals surface area (Å²) in [5.74, 6) is 1.01. The molecule has 1 aromatic heterocycles. The van der Waals surface area contributed by atoms with Crippen molar-refractivity contribution < 1.29 is 9.53 Å². The summed E-state index contributed by atoms with van der Waals surface area (Å²) in [6.45, 7) is 3.66. The zero-order valence-electron chi connectivity index (χ0n) is 14.2. The van der Waals surface area contributed by atoms with Crippen molar-refractivity contribution in [1.29, 1.82) is 0 Å². The first-order valence-electron chi connectivity index (χ1n) is 8.21. The van der Waals surface area contributed by atoms with E-state index in [0.29, 0.717) is 6.42 Å². The van der Waals surface area contributed by atoms with Crippen LogP contribution >= 0.6 is 11.3 Å². The van der Waals surface area contributed by atoms with Gasteiger partial charge < -0.3 is 14.5 Å². The molecule has 1 aromatic carbocycles. The molecule has 24 heavy (non-hydrogen) atoms. The Bertz CT molecular complexity index is 684. The molecule has 1 aliphatic rings. The van der Waals surface area contributed by atoms with Crippen molar-refractivity contribution in [2.45, 2.75) is 12.8 Å². The molecular formula is C18H23N3O2S. The summed E-state index contributed by atoms with van der Waals surface area (Å²) in [5.41, 5.74) is 1.91. The lowest BCUT2D eigenvalue weighted by Gasteiger charge is -2.20. The fraction of sp³-hybridized carbons (Fsp3) is 0.444. The lowest BCUT2D eigenvalue weighted by atomic mass is 10.2. The highest BCUT2D eigenvalue weighted by molar-refractivity contribution is 7.13. The van der Waals surface area contributed by atoms with Crippen LogP contribution in [-0.4, -0.2) is 61.0 Å². The number of thiazole rings is 1. The molecule has 0 N–H and O–H groups in total. The van der Waals surface area contributed by atoms with Crippen LogP contribution < -0.4 is 4.74 Å². The van der Waals surface area contributed by atoms with Gasteiger partial charge >= 0.3 is 0 Å². The van der Waals surface area contributed by atoms with Crippen LogP contribution in [0.1, 0.15) is 12.1 Å². The molecule has 0 unspecified atom stereocenters. The van der Waals surface area contributed by atoms with E-state index in [1.54, 1.807) is 18.4 Å². The van der Waals surface area contributed by atoms with Crippen molar-refractivity contribution in [2.24, 2.45) is 0 Å². The summed E-state index contributed by atoms with van der Waals surface area (Å²) in [6.07, 6.45) is 1.42. The number of hydrogen-bond donors (Lipinski definition) is 0. The predicted molar refractivity (Wildman–Crippen MR) is 96.5 cm³/mol. The Labute approximate surface area is 146 Å². The summed E-state index contributed by atoms with van der Waals surface area (Å²) in [5, 5.41) is 2.93. The van der Waals surface area contributed by atoms with Crippen LogP contribution in [0.5, 0.6) is 5.75 Å². The Morgan fingerprint density at radius 3 is 2.75 bits per heavy atom. The van der Waals surface area contributed by atoms with E-state index in [1.165, 1.54) is 0 Å². The van der Waals surface area contributed by atoms with Gasteiger partial charge in [-0.05, 0) is 44.3 Å². The minimum atomic E-state index is 0.178. The SMILES string of the molecule is COc1ccc(-c2nc(CC(=O)N3CCCN(C)CC3)cs2)cc1. The maximum absolute atomic E-state index is 12.5. The Morgan fingerprint density at radius 1 is 1.21 bits per heavy atom. The lowest BCUT2D eigenvalue weighted by molar-refractivity contribution is -0.130. The monoisotopic (exact) mass is 345 g/mol. The number of rotatable bonds is 4. The van der Waals surface area contributed by atoms with Gasteiger partial charge in [-0.25, -0.2) is 4.98 Å². The number of aromatic nitrogens is 1. The summed E-state index contributed by atoms with van der Waals surface area (Å²) in [7, 11) is 3.76. The molecule has 0 bridgehead atoms. The van der Waals surface area contributed by atoms with Gasteiger partial charge in [-0.2, -0.15) is 0 Å². The third-order valence-corrected chi connectivity index (χ3v) is 5.23. The van der Waals surface area contributed by atoms with E-state index in [4.69, 9.17) is 4.74 Å². The molecule has 128 valence electrons. The van der Waals surface area contributed by atoms with Crippen molar-refractivity contribution in [1.82, 2.24) is 14.8 Å². The van der Waals surface area contributed by atoms with Crippen LogP contribution in [0.25, 0.3) is 10.6 Å².